The first-order valence-corrected chi connectivity index (χ1v) is 5.68. The zero-order valence-corrected chi connectivity index (χ0v) is 10.7. The Morgan fingerprint density at radius 2 is 1.84 bits per heavy atom. The molecule has 0 saturated heterocycles. The maximum atomic E-state index is 12.2. The van der Waals surface area contributed by atoms with Gasteiger partial charge in [-0.05, 0) is 17.7 Å². The number of rotatable bonds is 5. The number of methoxy groups -OCH3 is 1. The summed E-state index contributed by atoms with van der Waals surface area (Å²) in [5, 5.41) is 0. The molecule has 1 atom stereocenters. The van der Waals surface area contributed by atoms with Crippen LogP contribution in [0.4, 0.5) is 13.2 Å². The van der Waals surface area contributed by atoms with Crippen molar-refractivity contribution in [3.63, 3.8) is 0 Å². The van der Waals surface area contributed by atoms with E-state index in [0.29, 0.717) is 11.3 Å². The Bertz CT molecular complexity index is 412. The molecule has 3 nitrogen and oxygen atoms in total. The van der Waals surface area contributed by atoms with E-state index in [-0.39, 0.29) is 6.61 Å². The van der Waals surface area contributed by atoms with Crippen LogP contribution >= 0.6 is 0 Å². The predicted octanol–water partition coefficient (Wildman–Crippen LogP) is 3.33. The Labute approximate surface area is 109 Å². The number of carbonyl (C=O) groups is 1. The van der Waals surface area contributed by atoms with Crippen molar-refractivity contribution >= 4 is 5.97 Å². The van der Waals surface area contributed by atoms with Crippen LogP contribution in [-0.4, -0.2) is 19.3 Å². The number of halogens is 3. The predicted molar refractivity (Wildman–Crippen MR) is 62.6 cm³/mol. The van der Waals surface area contributed by atoms with Gasteiger partial charge in [0.05, 0.1) is 19.4 Å². The molecule has 1 aromatic rings. The molecule has 0 bridgehead atoms. The van der Waals surface area contributed by atoms with Crippen LogP contribution in [0.15, 0.2) is 24.3 Å². The second kappa shape index (κ2) is 6.45. The quantitative estimate of drug-likeness (QED) is 0.774. The molecule has 0 amide bonds. The van der Waals surface area contributed by atoms with Gasteiger partial charge in [-0.3, -0.25) is 4.79 Å². The van der Waals surface area contributed by atoms with Gasteiger partial charge in [0.1, 0.15) is 12.4 Å². The van der Waals surface area contributed by atoms with Crippen molar-refractivity contribution in [1.82, 2.24) is 0 Å². The number of carbonyl (C=O) groups excluding carboxylic acids is 1. The maximum absolute atomic E-state index is 12.2. The van der Waals surface area contributed by atoms with Crippen molar-refractivity contribution in [2.45, 2.75) is 26.1 Å². The van der Waals surface area contributed by atoms with Crippen molar-refractivity contribution in [3.05, 3.63) is 29.8 Å². The van der Waals surface area contributed by atoms with Gasteiger partial charge in [0.15, 0.2) is 0 Å². The molecule has 0 N–H and O–H groups in total. The Kier molecular flexibility index (Phi) is 5.20. The number of hydrogen-bond acceptors (Lipinski definition) is 3. The fraction of sp³-hybridized carbons (Fsp3) is 0.462. The van der Waals surface area contributed by atoms with Crippen LogP contribution in [0.1, 0.15) is 18.9 Å². The summed E-state index contributed by atoms with van der Waals surface area (Å²) in [6.45, 7) is 0.905. The smallest absolute Gasteiger partial charge is 0.392 e. The third-order valence-corrected chi connectivity index (χ3v) is 2.59. The molecule has 106 valence electrons. The van der Waals surface area contributed by atoms with E-state index in [9.17, 15) is 18.0 Å². The van der Waals surface area contributed by atoms with Gasteiger partial charge in [-0.1, -0.05) is 19.1 Å². The summed E-state index contributed by atoms with van der Waals surface area (Å²) in [7, 11) is 1.52. The van der Waals surface area contributed by atoms with Crippen LogP contribution in [0.25, 0.3) is 0 Å². The molecule has 0 spiro atoms. The third kappa shape index (κ3) is 5.19. The van der Waals surface area contributed by atoms with E-state index in [2.05, 4.69) is 0 Å². The van der Waals surface area contributed by atoms with Crippen LogP contribution in [0.2, 0.25) is 0 Å². The molecule has 1 rings (SSSR count). The summed E-state index contributed by atoms with van der Waals surface area (Å²) in [4.78, 5) is 11.2. The molecule has 1 aromatic carbocycles. The molecule has 0 unspecified atom stereocenters. The minimum Gasteiger partial charge on any atom is -0.497 e. The molecular weight excluding hydrogens is 261 g/mol. The van der Waals surface area contributed by atoms with E-state index >= 15 is 0 Å². The zero-order chi connectivity index (χ0) is 14.5. The van der Waals surface area contributed by atoms with Crippen molar-refractivity contribution in [2.75, 3.05) is 7.11 Å². The summed E-state index contributed by atoms with van der Waals surface area (Å²) >= 11 is 0. The van der Waals surface area contributed by atoms with E-state index < -0.39 is 24.5 Å². The van der Waals surface area contributed by atoms with Gasteiger partial charge in [0, 0.05) is 0 Å². The molecule has 0 aliphatic heterocycles. The SMILES string of the molecule is COc1ccc(COC(=O)C[C@H](C)C(F)(F)F)cc1. The Hall–Kier alpha value is -1.72. The second-order valence-corrected chi connectivity index (χ2v) is 4.16. The van der Waals surface area contributed by atoms with E-state index in [1.54, 1.807) is 24.3 Å². The van der Waals surface area contributed by atoms with Crippen LogP contribution in [0, 0.1) is 5.92 Å². The van der Waals surface area contributed by atoms with Crippen LogP contribution < -0.4 is 4.74 Å². The first-order chi connectivity index (χ1) is 8.82. The second-order valence-electron chi connectivity index (χ2n) is 4.16. The fourth-order valence-electron chi connectivity index (χ4n) is 1.31. The van der Waals surface area contributed by atoms with E-state index in [4.69, 9.17) is 9.47 Å². The standard InChI is InChI=1S/C13H15F3O3/c1-9(13(14,15)16)7-12(17)19-8-10-3-5-11(18-2)6-4-10/h3-6,9H,7-8H2,1-2H3/t9-/m0/s1. The normalized spacial score (nSPS) is 12.9. The lowest BCUT2D eigenvalue weighted by Crippen LogP contribution is -2.23. The van der Waals surface area contributed by atoms with Gasteiger partial charge in [0.2, 0.25) is 0 Å². The first kappa shape index (κ1) is 15.3. The summed E-state index contributed by atoms with van der Waals surface area (Å²) < 4.78 is 46.4. The number of benzene rings is 1. The van der Waals surface area contributed by atoms with E-state index in [1.165, 1.54) is 7.11 Å². The molecule has 0 aromatic heterocycles. The highest BCUT2D eigenvalue weighted by Gasteiger charge is 2.37. The van der Waals surface area contributed by atoms with Crippen molar-refractivity contribution in [2.24, 2.45) is 5.92 Å². The average Bonchev–Trinajstić information content (AvgIpc) is 2.35. The highest BCUT2D eigenvalue weighted by atomic mass is 19.4. The average molecular weight is 276 g/mol. The Morgan fingerprint density at radius 1 is 1.26 bits per heavy atom. The molecule has 0 heterocycles. The van der Waals surface area contributed by atoms with E-state index in [0.717, 1.165) is 6.92 Å². The van der Waals surface area contributed by atoms with Gasteiger partial charge in [-0.25, -0.2) is 0 Å². The first-order valence-electron chi connectivity index (χ1n) is 5.68. The van der Waals surface area contributed by atoms with Crippen molar-refractivity contribution < 1.29 is 27.4 Å². The van der Waals surface area contributed by atoms with E-state index in [1.807, 2.05) is 0 Å². The molecule has 0 fully saturated rings. The maximum Gasteiger partial charge on any atom is 0.392 e. The lowest BCUT2D eigenvalue weighted by molar-refractivity contribution is -0.180. The number of esters is 1. The monoisotopic (exact) mass is 276 g/mol. The largest absolute Gasteiger partial charge is 0.497 e. The number of hydrogen-bond donors (Lipinski definition) is 0. The van der Waals surface area contributed by atoms with Crippen LogP contribution in [-0.2, 0) is 16.1 Å². The zero-order valence-electron chi connectivity index (χ0n) is 10.7. The Morgan fingerprint density at radius 3 is 2.32 bits per heavy atom. The summed E-state index contributed by atoms with van der Waals surface area (Å²) in [5.41, 5.74) is 0.689. The topological polar surface area (TPSA) is 35.5 Å². The van der Waals surface area contributed by atoms with Gasteiger partial charge in [0.25, 0.3) is 0 Å². The lowest BCUT2D eigenvalue weighted by Gasteiger charge is -2.14. The molecule has 0 aliphatic rings. The minimum atomic E-state index is -4.38. The minimum absolute atomic E-state index is 0.0482. The molecule has 6 heteroatoms. The van der Waals surface area contributed by atoms with Gasteiger partial charge in [-0.15, -0.1) is 0 Å². The highest BCUT2D eigenvalue weighted by molar-refractivity contribution is 5.69. The third-order valence-electron chi connectivity index (χ3n) is 2.59. The summed E-state index contributed by atoms with van der Waals surface area (Å²) in [6, 6.07) is 6.72. The molecule has 0 saturated carbocycles. The van der Waals surface area contributed by atoms with Crippen molar-refractivity contribution in [3.8, 4) is 5.75 Å². The van der Waals surface area contributed by atoms with Gasteiger partial charge >= 0.3 is 12.1 Å². The molecule has 0 radical (unpaired) electrons. The highest BCUT2D eigenvalue weighted by Crippen LogP contribution is 2.28. The molecular formula is C13H15F3O3. The lowest BCUT2D eigenvalue weighted by atomic mass is 10.1. The van der Waals surface area contributed by atoms with Crippen molar-refractivity contribution in [1.29, 1.82) is 0 Å². The molecule has 0 aliphatic carbocycles. The van der Waals surface area contributed by atoms with Crippen LogP contribution in [0.3, 0.4) is 0 Å². The number of ether oxygens (including phenoxy) is 2. The van der Waals surface area contributed by atoms with Crippen LogP contribution in [0.5, 0.6) is 5.75 Å². The Balaban J connectivity index is 2.41. The number of alkyl halides is 3. The van der Waals surface area contributed by atoms with Gasteiger partial charge < -0.3 is 9.47 Å². The summed E-state index contributed by atoms with van der Waals surface area (Å²) in [6.07, 6.45) is -5.04. The molecule has 19 heavy (non-hydrogen) atoms. The summed E-state index contributed by atoms with van der Waals surface area (Å²) in [5.74, 6) is -1.91. The fourth-order valence-corrected chi connectivity index (χ4v) is 1.31. The van der Waals surface area contributed by atoms with Gasteiger partial charge in [-0.2, -0.15) is 13.2 Å².